The lowest BCUT2D eigenvalue weighted by molar-refractivity contribution is -0.117. The number of methoxy groups -OCH3 is 1. The molecule has 0 aliphatic rings. The highest BCUT2D eigenvalue weighted by Gasteiger charge is 2.14. The van der Waals surface area contributed by atoms with E-state index in [4.69, 9.17) is 21.1 Å². The van der Waals surface area contributed by atoms with Crippen LogP contribution >= 0.6 is 11.6 Å². The summed E-state index contributed by atoms with van der Waals surface area (Å²) in [6.07, 6.45) is 3.04. The molecule has 0 fully saturated rings. The van der Waals surface area contributed by atoms with Crippen LogP contribution in [0.25, 0.3) is 6.08 Å². The summed E-state index contributed by atoms with van der Waals surface area (Å²) in [4.78, 5) is 12.5. The van der Waals surface area contributed by atoms with Crippen molar-refractivity contribution in [3.63, 3.8) is 0 Å². The van der Waals surface area contributed by atoms with Crippen molar-refractivity contribution < 1.29 is 18.7 Å². The van der Waals surface area contributed by atoms with E-state index in [-0.39, 0.29) is 23.0 Å². The van der Waals surface area contributed by atoms with Gasteiger partial charge in [-0.2, -0.15) is 5.26 Å². The van der Waals surface area contributed by atoms with Gasteiger partial charge in [-0.25, -0.2) is 4.39 Å². The number of hydrogen-bond acceptors (Lipinski definition) is 4. The Bertz CT molecular complexity index is 1190. The number of aryl methyl sites for hydroxylation is 1. The average Bonchev–Trinajstić information content (AvgIpc) is 2.85. The fraction of sp³-hybridized carbons (Fsp3) is 0.185. The molecule has 3 aromatic carbocycles. The van der Waals surface area contributed by atoms with Gasteiger partial charge >= 0.3 is 0 Å². The molecule has 0 heterocycles. The van der Waals surface area contributed by atoms with Gasteiger partial charge in [0.1, 0.15) is 24.1 Å². The molecule has 174 valence electrons. The van der Waals surface area contributed by atoms with Crippen molar-refractivity contribution in [1.82, 2.24) is 5.32 Å². The highest BCUT2D eigenvalue weighted by atomic mass is 35.5. The number of benzene rings is 3. The zero-order chi connectivity index (χ0) is 24.3. The third-order valence-corrected chi connectivity index (χ3v) is 5.28. The number of carbonyl (C=O) groups excluding carboxylic acids is 1. The molecule has 5 nitrogen and oxygen atoms in total. The van der Waals surface area contributed by atoms with Gasteiger partial charge in [-0.15, -0.1) is 0 Å². The van der Waals surface area contributed by atoms with E-state index in [0.717, 1.165) is 18.4 Å². The van der Waals surface area contributed by atoms with Gasteiger partial charge in [0.25, 0.3) is 5.91 Å². The summed E-state index contributed by atoms with van der Waals surface area (Å²) in [5.74, 6) is -0.123. The molecule has 0 radical (unpaired) electrons. The maximum atomic E-state index is 13.1. The standard InChI is InChI=1S/C27H24ClFN2O3/c1-33-25-16-21(15-24(28)26(25)34-18-20-9-11-23(29)12-10-20)14-22(17-30)27(32)31-13-5-8-19-6-3-2-4-7-19/h2-4,6-7,9-12,14-16H,5,8,13,18H2,1H3,(H,31,32)/b22-14-. The summed E-state index contributed by atoms with van der Waals surface area (Å²) in [5, 5.41) is 12.5. The summed E-state index contributed by atoms with van der Waals surface area (Å²) in [6.45, 7) is 0.618. The molecule has 0 unspecified atom stereocenters. The molecule has 0 saturated carbocycles. The van der Waals surface area contributed by atoms with Crippen LogP contribution in [0.3, 0.4) is 0 Å². The van der Waals surface area contributed by atoms with E-state index in [1.807, 2.05) is 36.4 Å². The number of halogens is 2. The smallest absolute Gasteiger partial charge is 0.261 e. The Hall–Kier alpha value is -3.82. The van der Waals surface area contributed by atoms with E-state index in [2.05, 4.69) is 5.32 Å². The van der Waals surface area contributed by atoms with Crippen molar-refractivity contribution in [2.75, 3.05) is 13.7 Å². The largest absolute Gasteiger partial charge is 0.493 e. The number of amides is 1. The SMILES string of the molecule is COc1cc(/C=C(/C#N)C(=O)NCCCc2ccccc2)cc(Cl)c1OCc1ccc(F)cc1. The maximum Gasteiger partial charge on any atom is 0.261 e. The van der Waals surface area contributed by atoms with Gasteiger partial charge in [0.15, 0.2) is 11.5 Å². The van der Waals surface area contributed by atoms with E-state index in [1.165, 1.54) is 30.9 Å². The van der Waals surface area contributed by atoms with Gasteiger partial charge in [0.05, 0.1) is 12.1 Å². The van der Waals surface area contributed by atoms with Crippen LogP contribution < -0.4 is 14.8 Å². The lowest BCUT2D eigenvalue weighted by Crippen LogP contribution is -2.25. The number of nitriles is 1. The van der Waals surface area contributed by atoms with E-state index >= 15 is 0 Å². The van der Waals surface area contributed by atoms with Crippen molar-refractivity contribution in [2.45, 2.75) is 19.4 Å². The van der Waals surface area contributed by atoms with Crippen LogP contribution in [-0.4, -0.2) is 19.6 Å². The average molecular weight is 479 g/mol. The summed E-state index contributed by atoms with van der Waals surface area (Å²) >= 11 is 6.39. The first-order valence-electron chi connectivity index (χ1n) is 10.7. The lowest BCUT2D eigenvalue weighted by atomic mass is 10.1. The van der Waals surface area contributed by atoms with Crippen LogP contribution in [0.4, 0.5) is 4.39 Å². The van der Waals surface area contributed by atoms with Crippen molar-refractivity contribution in [1.29, 1.82) is 5.26 Å². The molecule has 1 N–H and O–H groups in total. The second-order valence-electron chi connectivity index (χ2n) is 7.46. The predicted octanol–water partition coefficient (Wildman–Crippen LogP) is 5.72. The second kappa shape index (κ2) is 12.4. The molecule has 1 amide bonds. The molecule has 34 heavy (non-hydrogen) atoms. The lowest BCUT2D eigenvalue weighted by Gasteiger charge is -2.13. The van der Waals surface area contributed by atoms with Gasteiger partial charge in [-0.1, -0.05) is 54.1 Å². The van der Waals surface area contributed by atoms with Crippen molar-refractivity contribution in [3.05, 3.63) is 99.8 Å². The minimum absolute atomic E-state index is 0.0437. The Labute approximate surface area is 203 Å². The number of rotatable bonds is 10. The van der Waals surface area contributed by atoms with E-state index in [0.29, 0.717) is 23.6 Å². The van der Waals surface area contributed by atoms with Gasteiger partial charge in [-0.3, -0.25) is 4.79 Å². The third-order valence-electron chi connectivity index (χ3n) is 4.99. The zero-order valence-electron chi connectivity index (χ0n) is 18.7. The van der Waals surface area contributed by atoms with Crippen molar-refractivity contribution >= 4 is 23.6 Å². The number of nitrogens with zero attached hydrogens (tertiary/aromatic N) is 1. The molecule has 0 aliphatic carbocycles. The third kappa shape index (κ3) is 7.09. The Morgan fingerprint density at radius 2 is 1.85 bits per heavy atom. The molecule has 0 saturated heterocycles. The highest BCUT2D eigenvalue weighted by molar-refractivity contribution is 6.32. The summed E-state index contributed by atoms with van der Waals surface area (Å²) in [7, 11) is 1.47. The molecular weight excluding hydrogens is 455 g/mol. The summed E-state index contributed by atoms with van der Waals surface area (Å²) in [5.41, 5.74) is 2.43. The summed E-state index contributed by atoms with van der Waals surface area (Å²) in [6, 6.07) is 21.1. The second-order valence-corrected chi connectivity index (χ2v) is 7.87. The molecule has 7 heteroatoms. The molecule has 0 spiro atoms. The Morgan fingerprint density at radius 3 is 2.53 bits per heavy atom. The van der Waals surface area contributed by atoms with E-state index < -0.39 is 5.91 Å². The van der Waals surface area contributed by atoms with Crippen LogP contribution in [0.2, 0.25) is 5.02 Å². The van der Waals surface area contributed by atoms with Gasteiger partial charge in [0, 0.05) is 6.54 Å². The topological polar surface area (TPSA) is 71.3 Å². The summed E-state index contributed by atoms with van der Waals surface area (Å²) < 4.78 is 24.3. The minimum Gasteiger partial charge on any atom is -0.493 e. The number of carbonyl (C=O) groups is 1. The van der Waals surface area contributed by atoms with E-state index in [1.54, 1.807) is 24.3 Å². The number of nitrogens with one attached hydrogen (secondary N) is 1. The quantitative estimate of drug-likeness (QED) is 0.230. The number of ether oxygens (including phenoxy) is 2. The monoisotopic (exact) mass is 478 g/mol. The molecule has 0 aliphatic heterocycles. The van der Waals surface area contributed by atoms with E-state index in [9.17, 15) is 14.4 Å². The van der Waals surface area contributed by atoms with Crippen LogP contribution in [0.5, 0.6) is 11.5 Å². The Kier molecular flexibility index (Phi) is 9.07. The fourth-order valence-electron chi connectivity index (χ4n) is 3.25. The van der Waals surface area contributed by atoms with Crippen LogP contribution in [0.15, 0.2) is 72.3 Å². The fourth-order valence-corrected chi connectivity index (χ4v) is 3.52. The Morgan fingerprint density at radius 1 is 1.12 bits per heavy atom. The molecule has 3 aromatic rings. The van der Waals surface area contributed by atoms with Crippen molar-refractivity contribution in [2.24, 2.45) is 0 Å². The van der Waals surface area contributed by atoms with Crippen molar-refractivity contribution in [3.8, 4) is 17.6 Å². The Balaban J connectivity index is 1.65. The van der Waals surface area contributed by atoms with Gasteiger partial charge in [-0.05, 0) is 59.9 Å². The molecule has 0 bridgehead atoms. The number of hydrogen-bond donors (Lipinski definition) is 1. The van der Waals surface area contributed by atoms with Crippen LogP contribution in [0, 0.1) is 17.1 Å². The first kappa shape index (κ1) is 24.8. The minimum atomic E-state index is -0.456. The zero-order valence-corrected chi connectivity index (χ0v) is 19.4. The normalized spacial score (nSPS) is 10.9. The maximum absolute atomic E-state index is 13.1. The first-order chi connectivity index (χ1) is 16.5. The predicted molar refractivity (Wildman–Crippen MR) is 130 cm³/mol. The molecule has 0 aromatic heterocycles. The molecule has 3 rings (SSSR count). The van der Waals surface area contributed by atoms with Gasteiger partial charge < -0.3 is 14.8 Å². The molecular formula is C27H24ClFN2O3. The molecule has 0 atom stereocenters. The first-order valence-corrected chi connectivity index (χ1v) is 11.1. The van der Waals surface area contributed by atoms with Crippen LogP contribution in [-0.2, 0) is 17.8 Å². The van der Waals surface area contributed by atoms with Gasteiger partial charge in [0.2, 0.25) is 0 Å². The van der Waals surface area contributed by atoms with Crippen LogP contribution in [0.1, 0.15) is 23.1 Å². The highest BCUT2D eigenvalue weighted by Crippen LogP contribution is 2.37.